The van der Waals surface area contributed by atoms with E-state index >= 15 is 0 Å². The summed E-state index contributed by atoms with van der Waals surface area (Å²) in [5.41, 5.74) is -2.44. The van der Waals surface area contributed by atoms with Gasteiger partial charge in [-0.3, -0.25) is 4.72 Å². The summed E-state index contributed by atoms with van der Waals surface area (Å²) in [5.74, 6) is 0. The number of nitrogens with one attached hydrogen (secondary N) is 1. The Morgan fingerprint density at radius 2 is 2.00 bits per heavy atom. The van der Waals surface area contributed by atoms with Crippen molar-refractivity contribution in [2.75, 3.05) is 6.26 Å². The maximum Gasteiger partial charge on any atom is 0.417 e. The average molecular weight is 201 g/mol. The van der Waals surface area contributed by atoms with Gasteiger partial charge in [0, 0.05) is 18.9 Å². The molecule has 0 bridgehead atoms. The summed E-state index contributed by atoms with van der Waals surface area (Å²) in [5, 5.41) is 8.97. The van der Waals surface area contributed by atoms with Crippen LogP contribution in [0.3, 0.4) is 0 Å². The number of hydrogen-bond acceptors (Lipinski definition) is 3. The van der Waals surface area contributed by atoms with Crippen LogP contribution in [-0.2, 0) is 0 Å². The van der Waals surface area contributed by atoms with E-state index in [2.05, 4.69) is 4.72 Å². The van der Waals surface area contributed by atoms with Gasteiger partial charge in [0.2, 0.25) is 0 Å². The Morgan fingerprint density at radius 1 is 1.50 bits per heavy atom. The Bertz CT molecular complexity index is 167. The van der Waals surface area contributed by atoms with E-state index in [4.69, 9.17) is 5.11 Å². The standard InChI is InChI=1S/C6H10F3NOS/c1-12-10-4-2-5(11,3-4)6(7,8)9/h4,10-11H,2-3H2,1H3. The Kier molecular flexibility index (Phi) is 2.60. The molecule has 1 fully saturated rings. The Labute approximate surface area is 72.7 Å². The number of hydrogen-bond donors (Lipinski definition) is 2. The number of alkyl halides is 3. The van der Waals surface area contributed by atoms with E-state index in [1.54, 1.807) is 6.26 Å². The fraction of sp³-hybridized carbons (Fsp3) is 1.00. The summed E-state index contributed by atoms with van der Waals surface area (Å²) < 4.78 is 38.8. The van der Waals surface area contributed by atoms with Crippen LogP contribution >= 0.6 is 11.9 Å². The van der Waals surface area contributed by atoms with E-state index in [0.29, 0.717) is 0 Å². The van der Waals surface area contributed by atoms with Gasteiger partial charge in [-0.1, -0.05) is 11.9 Å². The molecule has 1 aliphatic rings. The first kappa shape index (κ1) is 10.1. The van der Waals surface area contributed by atoms with Crippen LogP contribution in [0.2, 0.25) is 0 Å². The van der Waals surface area contributed by atoms with E-state index in [0.717, 1.165) is 0 Å². The van der Waals surface area contributed by atoms with Crippen LogP contribution in [0.5, 0.6) is 0 Å². The lowest BCUT2D eigenvalue weighted by Crippen LogP contribution is -2.60. The van der Waals surface area contributed by atoms with E-state index < -0.39 is 11.8 Å². The lowest BCUT2D eigenvalue weighted by molar-refractivity contribution is -0.290. The van der Waals surface area contributed by atoms with Crippen molar-refractivity contribution in [1.29, 1.82) is 0 Å². The third-order valence-electron chi connectivity index (χ3n) is 1.98. The molecule has 0 atom stereocenters. The lowest BCUT2D eigenvalue weighted by Gasteiger charge is -2.44. The first-order valence-corrected chi connectivity index (χ1v) is 4.69. The fourth-order valence-electron chi connectivity index (χ4n) is 1.24. The van der Waals surface area contributed by atoms with E-state index in [-0.39, 0.29) is 18.9 Å². The zero-order valence-corrected chi connectivity index (χ0v) is 7.30. The van der Waals surface area contributed by atoms with Gasteiger partial charge in [-0.25, -0.2) is 0 Å². The number of aliphatic hydroxyl groups is 1. The first-order valence-electron chi connectivity index (χ1n) is 3.47. The first-order chi connectivity index (χ1) is 5.39. The Morgan fingerprint density at radius 3 is 2.33 bits per heavy atom. The van der Waals surface area contributed by atoms with Gasteiger partial charge >= 0.3 is 6.18 Å². The third-order valence-corrected chi connectivity index (χ3v) is 2.55. The van der Waals surface area contributed by atoms with Gasteiger partial charge in [-0.05, 0) is 6.26 Å². The molecule has 1 rings (SSSR count). The van der Waals surface area contributed by atoms with E-state index in [1.165, 1.54) is 11.9 Å². The summed E-state index contributed by atoms with van der Waals surface area (Å²) in [6.07, 6.45) is -3.22. The maximum absolute atomic E-state index is 12.0. The van der Waals surface area contributed by atoms with Crippen molar-refractivity contribution >= 4 is 11.9 Å². The van der Waals surface area contributed by atoms with Crippen molar-refractivity contribution in [2.45, 2.75) is 30.7 Å². The second kappa shape index (κ2) is 3.08. The topological polar surface area (TPSA) is 32.3 Å². The van der Waals surface area contributed by atoms with Gasteiger partial charge in [-0.2, -0.15) is 13.2 Å². The second-order valence-electron chi connectivity index (χ2n) is 2.96. The fourth-order valence-corrected chi connectivity index (χ4v) is 1.74. The molecule has 0 aromatic heterocycles. The molecule has 2 nitrogen and oxygen atoms in total. The summed E-state index contributed by atoms with van der Waals surface area (Å²) in [6.45, 7) is 0. The molecule has 0 amide bonds. The van der Waals surface area contributed by atoms with Crippen LogP contribution in [0, 0.1) is 0 Å². The molecular weight excluding hydrogens is 191 g/mol. The largest absolute Gasteiger partial charge is 0.417 e. The molecule has 1 aliphatic carbocycles. The van der Waals surface area contributed by atoms with Crippen LogP contribution in [0.25, 0.3) is 0 Å². The van der Waals surface area contributed by atoms with Crippen molar-refractivity contribution in [1.82, 2.24) is 4.72 Å². The predicted octanol–water partition coefficient (Wildman–Crippen LogP) is 1.31. The van der Waals surface area contributed by atoms with Crippen LogP contribution < -0.4 is 4.72 Å². The van der Waals surface area contributed by atoms with Crippen molar-refractivity contribution in [3.05, 3.63) is 0 Å². The molecule has 0 unspecified atom stereocenters. The zero-order chi connectivity index (χ0) is 9.41. The van der Waals surface area contributed by atoms with Gasteiger partial charge in [0.05, 0.1) is 0 Å². The minimum absolute atomic E-state index is 0.216. The van der Waals surface area contributed by atoms with E-state index in [1.807, 2.05) is 0 Å². The van der Waals surface area contributed by atoms with Gasteiger partial charge in [0.15, 0.2) is 5.60 Å². The highest BCUT2D eigenvalue weighted by Crippen LogP contribution is 2.45. The summed E-state index contributed by atoms with van der Waals surface area (Å²) in [6, 6.07) is -0.216. The molecular formula is C6H10F3NOS. The summed E-state index contributed by atoms with van der Waals surface area (Å²) in [4.78, 5) is 0. The van der Waals surface area contributed by atoms with Crippen LogP contribution in [-0.4, -0.2) is 29.2 Å². The quantitative estimate of drug-likeness (QED) is 0.661. The molecule has 0 aromatic rings. The highest BCUT2D eigenvalue weighted by molar-refractivity contribution is 7.96. The van der Waals surface area contributed by atoms with Crippen LogP contribution in [0.1, 0.15) is 12.8 Å². The summed E-state index contributed by atoms with van der Waals surface area (Å²) in [7, 11) is 0. The Balaban J connectivity index is 2.40. The normalized spacial score (nSPS) is 36.2. The molecule has 6 heteroatoms. The van der Waals surface area contributed by atoms with Crippen molar-refractivity contribution in [2.24, 2.45) is 0 Å². The van der Waals surface area contributed by atoms with Crippen molar-refractivity contribution in [3.63, 3.8) is 0 Å². The smallest absolute Gasteiger partial charge is 0.380 e. The predicted molar refractivity (Wildman–Crippen MR) is 40.7 cm³/mol. The molecule has 72 valence electrons. The van der Waals surface area contributed by atoms with Gasteiger partial charge in [0.1, 0.15) is 0 Å². The molecule has 0 spiro atoms. The molecule has 0 saturated heterocycles. The van der Waals surface area contributed by atoms with E-state index in [9.17, 15) is 13.2 Å². The molecule has 12 heavy (non-hydrogen) atoms. The summed E-state index contributed by atoms with van der Waals surface area (Å²) >= 11 is 1.27. The minimum Gasteiger partial charge on any atom is -0.380 e. The maximum atomic E-state index is 12.0. The lowest BCUT2D eigenvalue weighted by atomic mass is 9.76. The minimum atomic E-state index is -4.48. The monoisotopic (exact) mass is 201 g/mol. The van der Waals surface area contributed by atoms with Gasteiger partial charge < -0.3 is 5.11 Å². The molecule has 1 saturated carbocycles. The highest BCUT2D eigenvalue weighted by atomic mass is 32.2. The molecule has 0 aliphatic heterocycles. The Hall–Kier alpha value is 0.0600. The molecule has 0 radical (unpaired) electrons. The second-order valence-corrected chi connectivity index (χ2v) is 3.60. The molecule has 2 N–H and O–H groups in total. The number of halogens is 3. The van der Waals surface area contributed by atoms with Crippen molar-refractivity contribution in [3.8, 4) is 0 Å². The number of rotatable bonds is 2. The molecule has 0 heterocycles. The SMILES string of the molecule is CSNC1CC(O)(C(F)(F)F)C1. The van der Waals surface area contributed by atoms with Gasteiger partial charge in [0.25, 0.3) is 0 Å². The zero-order valence-electron chi connectivity index (χ0n) is 6.48. The van der Waals surface area contributed by atoms with Crippen molar-refractivity contribution < 1.29 is 18.3 Å². The van der Waals surface area contributed by atoms with Gasteiger partial charge in [-0.15, -0.1) is 0 Å². The highest BCUT2D eigenvalue weighted by Gasteiger charge is 2.61. The third kappa shape index (κ3) is 1.70. The molecule has 0 aromatic carbocycles. The van der Waals surface area contributed by atoms with Crippen LogP contribution in [0.15, 0.2) is 0 Å². The van der Waals surface area contributed by atoms with Crippen LogP contribution in [0.4, 0.5) is 13.2 Å². The average Bonchev–Trinajstić information content (AvgIpc) is 1.82.